The largest absolute Gasteiger partial charge is 0.488 e. The van der Waals surface area contributed by atoms with E-state index in [1.54, 1.807) is 18.5 Å². The standard InChI is InChI=1S/C12H17N3O/c13-12(14)10-6-7-15-8-11(10)16-9-4-2-1-3-5-9/h6-9H,1-5H2,(H3,13,14). The van der Waals surface area contributed by atoms with Crippen molar-refractivity contribution in [1.29, 1.82) is 5.41 Å². The zero-order valence-electron chi connectivity index (χ0n) is 9.28. The van der Waals surface area contributed by atoms with E-state index in [2.05, 4.69) is 4.98 Å². The Hall–Kier alpha value is -1.58. The second-order valence-corrected chi connectivity index (χ2v) is 4.16. The minimum absolute atomic E-state index is 0.0354. The van der Waals surface area contributed by atoms with Gasteiger partial charge in [-0.05, 0) is 31.7 Å². The number of rotatable bonds is 3. The van der Waals surface area contributed by atoms with Gasteiger partial charge in [0.15, 0.2) is 0 Å². The third-order valence-electron chi connectivity index (χ3n) is 2.92. The summed E-state index contributed by atoms with van der Waals surface area (Å²) in [4.78, 5) is 4.02. The summed E-state index contributed by atoms with van der Waals surface area (Å²) in [5.41, 5.74) is 6.13. The van der Waals surface area contributed by atoms with E-state index in [4.69, 9.17) is 15.9 Å². The maximum absolute atomic E-state index is 7.46. The summed E-state index contributed by atoms with van der Waals surface area (Å²) in [6.45, 7) is 0. The molecule has 0 aromatic carbocycles. The molecule has 0 radical (unpaired) electrons. The van der Waals surface area contributed by atoms with Crippen molar-refractivity contribution in [3.63, 3.8) is 0 Å². The third-order valence-corrected chi connectivity index (χ3v) is 2.92. The van der Waals surface area contributed by atoms with E-state index in [1.165, 1.54) is 19.3 Å². The van der Waals surface area contributed by atoms with Crippen molar-refractivity contribution in [3.8, 4) is 5.75 Å². The van der Waals surface area contributed by atoms with Crippen LogP contribution in [0.25, 0.3) is 0 Å². The molecule has 0 aliphatic heterocycles. The van der Waals surface area contributed by atoms with E-state index >= 15 is 0 Å². The molecule has 1 heterocycles. The average Bonchev–Trinajstić information content (AvgIpc) is 2.31. The molecule has 0 unspecified atom stereocenters. The Morgan fingerprint density at radius 2 is 2.12 bits per heavy atom. The van der Waals surface area contributed by atoms with Gasteiger partial charge in [-0.25, -0.2) is 0 Å². The van der Waals surface area contributed by atoms with Gasteiger partial charge in [0.1, 0.15) is 11.6 Å². The number of hydrogen-bond donors (Lipinski definition) is 2. The molecule has 0 saturated heterocycles. The number of nitrogen functional groups attached to an aromatic ring is 1. The zero-order valence-corrected chi connectivity index (χ0v) is 9.28. The molecule has 1 aliphatic carbocycles. The normalized spacial score (nSPS) is 17.0. The lowest BCUT2D eigenvalue weighted by molar-refractivity contribution is 0.154. The van der Waals surface area contributed by atoms with Gasteiger partial charge >= 0.3 is 0 Å². The first-order valence-corrected chi connectivity index (χ1v) is 5.72. The Balaban J connectivity index is 2.10. The van der Waals surface area contributed by atoms with Gasteiger partial charge < -0.3 is 10.5 Å². The first-order valence-electron chi connectivity index (χ1n) is 5.72. The van der Waals surface area contributed by atoms with Crippen LogP contribution in [0.3, 0.4) is 0 Å². The van der Waals surface area contributed by atoms with Gasteiger partial charge in [0.2, 0.25) is 0 Å². The molecule has 2 rings (SSSR count). The van der Waals surface area contributed by atoms with Gasteiger partial charge in [-0.2, -0.15) is 0 Å². The first-order chi connectivity index (χ1) is 7.77. The molecule has 16 heavy (non-hydrogen) atoms. The molecule has 0 spiro atoms. The third kappa shape index (κ3) is 2.51. The molecule has 0 amide bonds. The highest BCUT2D eigenvalue weighted by molar-refractivity contribution is 5.97. The molecule has 0 atom stereocenters. The van der Waals surface area contributed by atoms with Crippen molar-refractivity contribution in [1.82, 2.24) is 4.98 Å². The van der Waals surface area contributed by atoms with Crippen molar-refractivity contribution in [2.45, 2.75) is 38.2 Å². The Bertz CT molecular complexity index is 372. The monoisotopic (exact) mass is 219 g/mol. The van der Waals surface area contributed by atoms with Crippen molar-refractivity contribution in [2.24, 2.45) is 5.73 Å². The zero-order chi connectivity index (χ0) is 11.4. The molecule has 1 fully saturated rings. The molecule has 1 aromatic heterocycles. The highest BCUT2D eigenvalue weighted by Crippen LogP contribution is 2.24. The Morgan fingerprint density at radius 1 is 1.38 bits per heavy atom. The van der Waals surface area contributed by atoms with E-state index in [1.807, 2.05) is 0 Å². The quantitative estimate of drug-likeness (QED) is 0.604. The number of nitrogens with one attached hydrogen (secondary N) is 1. The van der Waals surface area contributed by atoms with E-state index < -0.39 is 0 Å². The number of pyridine rings is 1. The summed E-state index contributed by atoms with van der Waals surface area (Å²) in [5.74, 6) is 0.676. The van der Waals surface area contributed by atoms with Gasteiger partial charge in [0.05, 0.1) is 17.9 Å². The lowest BCUT2D eigenvalue weighted by Crippen LogP contribution is -2.22. The highest BCUT2D eigenvalue weighted by atomic mass is 16.5. The van der Waals surface area contributed by atoms with Crippen molar-refractivity contribution in [3.05, 3.63) is 24.0 Å². The van der Waals surface area contributed by atoms with Crippen LogP contribution in [0.4, 0.5) is 0 Å². The smallest absolute Gasteiger partial charge is 0.148 e. The molecule has 1 aromatic rings. The lowest BCUT2D eigenvalue weighted by Gasteiger charge is -2.23. The maximum Gasteiger partial charge on any atom is 0.148 e. The topological polar surface area (TPSA) is 72.0 Å². The SMILES string of the molecule is N=C(N)c1ccncc1OC1CCCCC1. The van der Waals surface area contributed by atoms with Crippen LogP contribution < -0.4 is 10.5 Å². The number of amidine groups is 1. The minimum Gasteiger partial charge on any atom is -0.488 e. The predicted octanol–water partition coefficient (Wildman–Crippen LogP) is 2.08. The second-order valence-electron chi connectivity index (χ2n) is 4.16. The summed E-state index contributed by atoms with van der Waals surface area (Å²) in [5, 5.41) is 7.46. The highest BCUT2D eigenvalue weighted by Gasteiger charge is 2.17. The fourth-order valence-electron chi connectivity index (χ4n) is 2.06. The first kappa shape index (κ1) is 10.9. The fraction of sp³-hybridized carbons (Fsp3) is 0.500. The average molecular weight is 219 g/mol. The molecular formula is C12H17N3O. The van der Waals surface area contributed by atoms with E-state index in [-0.39, 0.29) is 11.9 Å². The van der Waals surface area contributed by atoms with Gasteiger partial charge in [-0.1, -0.05) is 6.42 Å². The molecule has 86 valence electrons. The molecule has 3 N–H and O–H groups in total. The summed E-state index contributed by atoms with van der Waals surface area (Å²) in [6, 6.07) is 1.72. The van der Waals surface area contributed by atoms with Crippen LogP contribution in [0, 0.1) is 5.41 Å². The van der Waals surface area contributed by atoms with Crippen molar-refractivity contribution in [2.75, 3.05) is 0 Å². The van der Waals surface area contributed by atoms with Crippen molar-refractivity contribution >= 4 is 5.84 Å². The van der Waals surface area contributed by atoms with Gasteiger partial charge in [0, 0.05) is 6.20 Å². The van der Waals surface area contributed by atoms with Crippen LogP contribution in [0.5, 0.6) is 5.75 Å². The lowest BCUT2D eigenvalue weighted by atomic mass is 9.98. The van der Waals surface area contributed by atoms with Crippen LogP contribution in [0.1, 0.15) is 37.7 Å². The Labute approximate surface area is 95.3 Å². The summed E-state index contributed by atoms with van der Waals surface area (Å²) in [7, 11) is 0. The molecule has 1 aliphatic rings. The number of nitrogens with two attached hydrogens (primary N) is 1. The van der Waals surface area contributed by atoms with E-state index in [0.717, 1.165) is 12.8 Å². The van der Waals surface area contributed by atoms with Crippen LogP contribution in [-0.4, -0.2) is 16.9 Å². The molecule has 1 saturated carbocycles. The number of aromatic nitrogens is 1. The van der Waals surface area contributed by atoms with Crippen LogP contribution >= 0.6 is 0 Å². The number of ether oxygens (including phenoxy) is 1. The Kier molecular flexibility index (Phi) is 3.39. The molecular weight excluding hydrogens is 202 g/mol. The summed E-state index contributed by atoms with van der Waals surface area (Å²) < 4.78 is 5.86. The minimum atomic E-state index is 0.0354. The maximum atomic E-state index is 7.46. The second kappa shape index (κ2) is 4.96. The fourth-order valence-corrected chi connectivity index (χ4v) is 2.06. The number of hydrogen-bond acceptors (Lipinski definition) is 3. The van der Waals surface area contributed by atoms with Gasteiger partial charge in [0.25, 0.3) is 0 Å². The van der Waals surface area contributed by atoms with E-state index in [9.17, 15) is 0 Å². The Morgan fingerprint density at radius 3 is 2.81 bits per heavy atom. The molecule has 4 heteroatoms. The number of nitrogens with zero attached hydrogens (tertiary/aromatic N) is 1. The van der Waals surface area contributed by atoms with Crippen LogP contribution in [-0.2, 0) is 0 Å². The molecule has 0 bridgehead atoms. The van der Waals surface area contributed by atoms with Crippen LogP contribution in [0.2, 0.25) is 0 Å². The van der Waals surface area contributed by atoms with Gasteiger partial charge in [-0.3, -0.25) is 10.4 Å². The van der Waals surface area contributed by atoms with Gasteiger partial charge in [-0.15, -0.1) is 0 Å². The molecule has 4 nitrogen and oxygen atoms in total. The predicted molar refractivity (Wildman–Crippen MR) is 62.8 cm³/mol. The van der Waals surface area contributed by atoms with Crippen LogP contribution in [0.15, 0.2) is 18.5 Å². The summed E-state index contributed by atoms with van der Waals surface area (Å²) >= 11 is 0. The van der Waals surface area contributed by atoms with Crippen molar-refractivity contribution < 1.29 is 4.74 Å². The van der Waals surface area contributed by atoms with E-state index in [0.29, 0.717) is 11.3 Å². The summed E-state index contributed by atoms with van der Waals surface area (Å²) in [6.07, 6.45) is 9.46.